The van der Waals surface area contributed by atoms with Crippen molar-refractivity contribution in [1.82, 2.24) is 9.97 Å². The van der Waals surface area contributed by atoms with Gasteiger partial charge in [0.15, 0.2) is 5.16 Å². The van der Waals surface area contributed by atoms with Crippen LogP contribution in [0.2, 0.25) is 0 Å². The lowest BCUT2D eigenvalue weighted by Crippen LogP contribution is -2.31. The molecule has 0 radical (unpaired) electrons. The van der Waals surface area contributed by atoms with Crippen LogP contribution in [0.15, 0.2) is 41.7 Å². The number of thioether (sulfide) groups is 1. The SMILES string of the molecule is Cc1ccnc(SC2CC(=O)N(c3ccccc3I)C2=O)n1. The van der Waals surface area contributed by atoms with Crippen molar-refractivity contribution in [2.75, 3.05) is 4.90 Å². The van der Waals surface area contributed by atoms with Crippen LogP contribution in [0.4, 0.5) is 5.69 Å². The van der Waals surface area contributed by atoms with Crippen LogP contribution in [0.5, 0.6) is 0 Å². The van der Waals surface area contributed by atoms with Crippen molar-refractivity contribution in [3.05, 3.63) is 45.8 Å². The summed E-state index contributed by atoms with van der Waals surface area (Å²) < 4.78 is 0.874. The van der Waals surface area contributed by atoms with E-state index in [1.54, 1.807) is 18.3 Å². The first-order valence-electron chi connectivity index (χ1n) is 6.64. The molecule has 2 heterocycles. The van der Waals surface area contributed by atoms with Gasteiger partial charge < -0.3 is 0 Å². The number of anilines is 1. The number of halogens is 1. The Morgan fingerprint density at radius 3 is 2.77 bits per heavy atom. The van der Waals surface area contributed by atoms with E-state index in [9.17, 15) is 9.59 Å². The molecule has 1 saturated heterocycles. The highest BCUT2D eigenvalue weighted by Gasteiger charge is 2.41. The predicted molar refractivity (Wildman–Crippen MR) is 92.7 cm³/mol. The number of carbonyl (C=O) groups excluding carboxylic acids is 2. The molecule has 2 amide bonds. The zero-order valence-corrected chi connectivity index (χ0v) is 14.7. The first kappa shape index (κ1) is 15.4. The van der Waals surface area contributed by atoms with Gasteiger partial charge in [-0.15, -0.1) is 0 Å². The number of imide groups is 1. The van der Waals surface area contributed by atoms with Crippen molar-refractivity contribution in [1.29, 1.82) is 0 Å². The first-order chi connectivity index (χ1) is 10.6. The topological polar surface area (TPSA) is 63.2 Å². The summed E-state index contributed by atoms with van der Waals surface area (Å²) in [7, 11) is 0. The minimum atomic E-state index is -0.467. The minimum Gasteiger partial charge on any atom is -0.274 e. The number of nitrogens with zero attached hydrogens (tertiary/aromatic N) is 3. The number of amides is 2. The highest BCUT2D eigenvalue weighted by Crippen LogP contribution is 2.34. The number of hydrogen-bond donors (Lipinski definition) is 0. The Labute approximate surface area is 145 Å². The van der Waals surface area contributed by atoms with Crippen molar-refractivity contribution in [3.63, 3.8) is 0 Å². The zero-order chi connectivity index (χ0) is 15.7. The van der Waals surface area contributed by atoms with Crippen LogP contribution < -0.4 is 4.90 Å². The quantitative estimate of drug-likeness (QED) is 0.430. The van der Waals surface area contributed by atoms with Gasteiger partial charge in [0, 0.05) is 21.9 Å². The van der Waals surface area contributed by atoms with E-state index in [0.29, 0.717) is 10.8 Å². The van der Waals surface area contributed by atoms with Crippen molar-refractivity contribution >= 4 is 51.9 Å². The summed E-state index contributed by atoms with van der Waals surface area (Å²) >= 11 is 3.37. The van der Waals surface area contributed by atoms with Crippen molar-refractivity contribution in [3.8, 4) is 0 Å². The maximum atomic E-state index is 12.6. The number of aryl methyl sites for hydroxylation is 1. The molecule has 0 bridgehead atoms. The van der Waals surface area contributed by atoms with E-state index < -0.39 is 5.25 Å². The highest BCUT2D eigenvalue weighted by atomic mass is 127. The van der Waals surface area contributed by atoms with Crippen LogP contribution in [-0.2, 0) is 9.59 Å². The van der Waals surface area contributed by atoms with Gasteiger partial charge in [-0.2, -0.15) is 0 Å². The largest absolute Gasteiger partial charge is 0.274 e. The molecule has 1 aliphatic heterocycles. The monoisotopic (exact) mass is 425 g/mol. The molecule has 3 rings (SSSR count). The fourth-order valence-electron chi connectivity index (χ4n) is 2.19. The average Bonchev–Trinajstić information content (AvgIpc) is 2.74. The van der Waals surface area contributed by atoms with Crippen LogP contribution >= 0.6 is 34.4 Å². The minimum absolute atomic E-state index is 0.172. The molecule has 1 aromatic heterocycles. The van der Waals surface area contributed by atoms with E-state index in [1.165, 1.54) is 16.7 Å². The van der Waals surface area contributed by atoms with Crippen molar-refractivity contribution in [2.24, 2.45) is 0 Å². The molecular weight excluding hydrogens is 413 g/mol. The van der Waals surface area contributed by atoms with Crippen LogP contribution in [0, 0.1) is 10.5 Å². The standard InChI is InChI=1S/C15H12IN3O2S/c1-9-6-7-17-15(18-9)22-12-8-13(20)19(14(12)21)11-5-3-2-4-10(11)16/h2-7,12H,8H2,1H3. The molecule has 0 saturated carbocycles. The van der Waals surface area contributed by atoms with E-state index >= 15 is 0 Å². The van der Waals surface area contributed by atoms with Crippen LogP contribution in [0.1, 0.15) is 12.1 Å². The molecule has 1 unspecified atom stereocenters. The molecular formula is C15H12IN3O2S. The van der Waals surface area contributed by atoms with Gasteiger partial charge in [0.2, 0.25) is 11.8 Å². The second kappa shape index (κ2) is 6.33. The molecule has 112 valence electrons. The summed E-state index contributed by atoms with van der Waals surface area (Å²) in [6.45, 7) is 1.87. The van der Waals surface area contributed by atoms with Gasteiger partial charge in [0.05, 0.1) is 5.69 Å². The predicted octanol–water partition coefficient (Wildman–Crippen LogP) is 2.81. The fourth-order valence-corrected chi connectivity index (χ4v) is 3.83. The zero-order valence-electron chi connectivity index (χ0n) is 11.7. The van der Waals surface area contributed by atoms with E-state index in [-0.39, 0.29) is 18.2 Å². The van der Waals surface area contributed by atoms with Crippen molar-refractivity contribution in [2.45, 2.75) is 23.8 Å². The molecule has 1 aromatic carbocycles. The van der Waals surface area contributed by atoms with Gasteiger partial charge in [0.1, 0.15) is 5.25 Å². The fraction of sp³-hybridized carbons (Fsp3) is 0.200. The molecule has 0 N–H and O–H groups in total. The number of benzene rings is 1. The van der Waals surface area contributed by atoms with E-state index in [1.807, 2.05) is 25.1 Å². The lowest BCUT2D eigenvalue weighted by Gasteiger charge is -2.16. The van der Waals surface area contributed by atoms with Gasteiger partial charge >= 0.3 is 0 Å². The third-order valence-corrected chi connectivity index (χ3v) is 5.19. The van der Waals surface area contributed by atoms with Gasteiger partial charge in [-0.1, -0.05) is 23.9 Å². The second-order valence-electron chi connectivity index (χ2n) is 4.81. The molecule has 7 heteroatoms. The molecule has 22 heavy (non-hydrogen) atoms. The van der Waals surface area contributed by atoms with Gasteiger partial charge in [-0.3, -0.25) is 9.59 Å². The third-order valence-electron chi connectivity index (χ3n) is 3.22. The molecule has 1 atom stereocenters. The number of rotatable bonds is 3. The van der Waals surface area contributed by atoms with Crippen LogP contribution in [0.25, 0.3) is 0 Å². The normalized spacial score (nSPS) is 18.1. The Morgan fingerprint density at radius 2 is 2.05 bits per heavy atom. The maximum Gasteiger partial charge on any atom is 0.247 e. The smallest absolute Gasteiger partial charge is 0.247 e. The van der Waals surface area contributed by atoms with Crippen LogP contribution in [0.3, 0.4) is 0 Å². The van der Waals surface area contributed by atoms with E-state index in [0.717, 1.165) is 9.26 Å². The summed E-state index contributed by atoms with van der Waals surface area (Å²) in [6.07, 6.45) is 1.83. The summed E-state index contributed by atoms with van der Waals surface area (Å²) in [6, 6.07) is 9.16. The number of carbonyl (C=O) groups is 2. The van der Waals surface area contributed by atoms with Gasteiger partial charge in [-0.25, -0.2) is 14.9 Å². The third kappa shape index (κ3) is 3.00. The summed E-state index contributed by atoms with van der Waals surface area (Å²) in [4.78, 5) is 34.5. The lowest BCUT2D eigenvalue weighted by molar-refractivity contribution is -0.121. The Balaban J connectivity index is 1.84. The number of aromatic nitrogens is 2. The first-order valence-corrected chi connectivity index (χ1v) is 8.60. The summed E-state index contributed by atoms with van der Waals surface area (Å²) in [5.41, 5.74) is 1.48. The number of para-hydroxylation sites is 1. The second-order valence-corrected chi connectivity index (χ2v) is 7.14. The summed E-state index contributed by atoms with van der Waals surface area (Å²) in [5, 5.41) is 0.0565. The molecule has 0 spiro atoms. The molecule has 0 aliphatic carbocycles. The maximum absolute atomic E-state index is 12.6. The average molecular weight is 425 g/mol. The van der Waals surface area contributed by atoms with E-state index in [2.05, 4.69) is 32.6 Å². The Kier molecular flexibility index (Phi) is 4.44. The molecule has 2 aromatic rings. The lowest BCUT2D eigenvalue weighted by atomic mass is 10.3. The van der Waals surface area contributed by atoms with Gasteiger partial charge in [-0.05, 0) is 47.7 Å². The van der Waals surface area contributed by atoms with Gasteiger partial charge in [0.25, 0.3) is 0 Å². The number of hydrogen-bond acceptors (Lipinski definition) is 5. The van der Waals surface area contributed by atoms with Crippen molar-refractivity contribution < 1.29 is 9.59 Å². The van der Waals surface area contributed by atoms with E-state index in [4.69, 9.17) is 0 Å². The Bertz CT molecular complexity index is 753. The summed E-state index contributed by atoms with van der Waals surface area (Å²) in [5.74, 6) is -0.386. The Morgan fingerprint density at radius 1 is 1.27 bits per heavy atom. The highest BCUT2D eigenvalue weighted by molar-refractivity contribution is 14.1. The molecule has 5 nitrogen and oxygen atoms in total. The molecule has 1 aliphatic rings. The Hall–Kier alpha value is -1.48. The molecule has 1 fully saturated rings. The van der Waals surface area contributed by atoms with Crippen LogP contribution in [-0.4, -0.2) is 27.0 Å².